The fraction of sp³-hybridized carbons (Fsp3) is 0.533. The van der Waals surface area contributed by atoms with Crippen molar-refractivity contribution in [1.82, 2.24) is 4.31 Å². The maximum Gasteiger partial charge on any atom is 0.243 e. The van der Waals surface area contributed by atoms with Gasteiger partial charge in [0, 0.05) is 18.5 Å². The fourth-order valence-electron chi connectivity index (χ4n) is 3.36. The van der Waals surface area contributed by atoms with Crippen molar-refractivity contribution in [2.24, 2.45) is 10.8 Å². The molecule has 1 aliphatic carbocycles. The van der Waals surface area contributed by atoms with E-state index in [0.29, 0.717) is 24.4 Å². The zero-order valence-corrected chi connectivity index (χ0v) is 12.6. The van der Waals surface area contributed by atoms with E-state index >= 15 is 0 Å². The Morgan fingerprint density at radius 1 is 1.25 bits per heavy atom. The number of carbonyl (C=O) groups is 1. The minimum absolute atomic E-state index is 0.176. The van der Waals surface area contributed by atoms with Crippen molar-refractivity contribution in [1.29, 1.82) is 0 Å². The molecular weight excluding hydrogens is 274 g/mol. The summed E-state index contributed by atoms with van der Waals surface area (Å²) in [7, 11) is -3.44. The molecule has 4 nitrogen and oxygen atoms in total. The van der Waals surface area contributed by atoms with Crippen LogP contribution in [0.2, 0.25) is 0 Å². The monoisotopic (exact) mass is 293 g/mol. The van der Waals surface area contributed by atoms with Gasteiger partial charge in [-0.05, 0) is 37.3 Å². The van der Waals surface area contributed by atoms with Crippen molar-refractivity contribution in [3.63, 3.8) is 0 Å². The molecule has 2 aliphatic rings. The lowest BCUT2D eigenvalue weighted by Crippen LogP contribution is -2.43. The van der Waals surface area contributed by atoms with E-state index in [1.54, 1.807) is 12.1 Å². The van der Waals surface area contributed by atoms with Crippen LogP contribution in [-0.2, 0) is 14.8 Å². The van der Waals surface area contributed by atoms with Crippen LogP contribution in [0, 0.1) is 17.8 Å². The highest BCUT2D eigenvalue weighted by molar-refractivity contribution is 7.89. The van der Waals surface area contributed by atoms with Crippen LogP contribution in [0.4, 0.5) is 0 Å². The molecule has 2 fully saturated rings. The quantitative estimate of drug-likeness (QED) is 0.801. The van der Waals surface area contributed by atoms with Gasteiger partial charge in [0.15, 0.2) is 0 Å². The number of aldehydes is 1. The summed E-state index contributed by atoms with van der Waals surface area (Å²) in [5, 5.41) is 0. The number of rotatable bonds is 3. The Morgan fingerprint density at radius 2 is 1.90 bits per heavy atom. The molecule has 0 unspecified atom stereocenters. The zero-order valence-electron chi connectivity index (χ0n) is 11.8. The van der Waals surface area contributed by atoms with Crippen LogP contribution < -0.4 is 0 Å². The molecule has 3 rings (SSSR count). The van der Waals surface area contributed by atoms with E-state index in [0.717, 1.165) is 18.3 Å². The average Bonchev–Trinajstić information content (AvgIpc) is 3.05. The molecular formula is C15H19NO3S. The Hall–Kier alpha value is -1.20. The summed E-state index contributed by atoms with van der Waals surface area (Å²) in [6, 6.07) is 6.93. The minimum atomic E-state index is -3.44. The van der Waals surface area contributed by atoms with Gasteiger partial charge in [0.1, 0.15) is 6.29 Å². The van der Waals surface area contributed by atoms with Crippen molar-refractivity contribution >= 4 is 16.3 Å². The molecule has 0 aromatic heterocycles. The van der Waals surface area contributed by atoms with Crippen LogP contribution >= 0.6 is 0 Å². The molecule has 0 radical (unpaired) electrons. The molecule has 1 aliphatic heterocycles. The molecule has 1 aromatic carbocycles. The van der Waals surface area contributed by atoms with Gasteiger partial charge < -0.3 is 4.79 Å². The van der Waals surface area contributed by atoms with Gasteiger partial charge in [-0.15, -0.1) is 0 Å². The van der Waals surface area contributed by atoms with Gasteiger partial charge in [-0.2, -0.15) is 4.31 Å². The number of piperidine rings is 1. The highest BCUT2D eigenvalue weighted by Gasteiger charge is 2.67. The standard InChI is InChI=1S/C15H19NO3S/c1-12-3-5-13(6-4-12)20(18,19)16-8-7-15(11-17)9-14(15,2)10-16/h3-6,11H,7-10H2,1-2H3/t14-,15-/m0/s1. The van der Waals surface area contributed by atoms with E-state index in [2.05, 4.69) is 0 Å². The molecule has 0 N–H and O–H groups in total. The van der Waals surface area contributed by atoms with Gasteiger partial charge >= 0.3 is 0 Å². The first-order valence-corrected chi connectivity index (χ1v) is 8.30. The first-order valence-electron chi connectivity index (χ1n) is 6.86. The third-order valence-corrected chi connectivity index (χ3v) is 6.86. The predicted octanol–water partition coefficient (Wildman–Crippen LogP) is 1.98. The number of sulfonamides is 1. The third kappa shape index (κ3) is 1.84. The number of hydrogen-bond acceptors (Lipinski definition) is 3. The maximum atomic E-state index is 12.6. The lowest BCUT2D eigenvalue weighted by atomic mass is 9.89. The van der Waals surface area contributed by atoms with Crippen LogP contribution in [0.3, 0.4) is 0 Å². The molecule has 2 atom stereocenters. The lowest BCUT2D eigenvalue weighted by molar-refractivity contribution is -0.114. The van der Waals surface area contributed by atoms with E-state index in [4.69, 9.17) is 0 Å². The van der Waals surface area contributed by atoms with Crippen molar-refractivity contribution < 1.29 is 13.2 Å². The van der Waals surface area contributed by atoms with Crippen LogP contribution in [0.1, 0.15) is 25.3 Å². The third-order valence-electron chi connectivity index (χ3n) is 5.00. The molecule has 108 valence electrons. The van der Waals surface area contributed by atoms with E-state index in [9.17, 15) is 13.2 Å². The van der Waals surface area contributed by atoms with Crippen LogP contribution in [0.15, 0.2) is 29.2 Å². The van der Waals surface area contributed by atoms with E-state index in [-0.39, 0.29) is 10.8 Å². The first-order chi connectivity index (χ1) is 9.33. The number of nitrogens with zero attached hydrogens (tertiary/aromatic N) is 1. The summed E-state index contributed by atoms with van der Waals surface area (Å²) in [6.07, 6.45) is 2.48. The molecule has 0 spiro atoms. The second kappa shape index (κ2) is 4.15. The van der Waals surface area contributed by atoms with Gasteiger partial charge in [0.2, 0.25) is 10.0 Å². The van der Waals surface area contributed by atoms with Gasteiger partial charge in [-0.3, -0.25) is 0 Å². The summed E-state index contributed by atoms with van der Waals surface area (Å²) in [5.41, 5.74) is 0.591. The Bertz CT molecular complexity index is 652. The summed E-state index contributed by atoms with van der Waals surface area (Å²) in [6.45, 7) is 4.83. The molecule has 1 heterocycles. The summed E-state index contributed by atoms with van der Waals surface area (Å²) < 4.78 is 26.8. The summed E-state index contributed by atoms with van der Waals surface area (Å²) >= 11 is 0. The van der Waals surface area contributed by atoms with Gasteiger partial charge in [-0.1, -0.05) is 24.6 Å². The van der Waals surface area contributed by atoms with Crippen LogP contribution in [-0.4, -0.2) is 32.1 Å². The largest absolute Gasteiger partial charge is 0.303 e. The van der Waals surface area contributed by atoms with Crippen molar-refractivity contribution in [2.75, 3.05) is 13.1 Å². The molecule has 0 amide bonds. The molecule has 1 saturated heterocycles. The second-order valence-corrected chi connectivity index (χ2v) is 8.35. The Morgan fingerprint density at radius 3 is 2.45 bits per heavy atom. The number of hydrogen-bond donors (Lipinski definition) is 0. The van der Waals surface area contributed by atoms with Crippen LogP contribution in [0.5, 0.6) is 0 Å². The van der Waals surface area contributed by atoms with Gasteiger partial charge in [0.05, 0.1) is 4.90 Å². The van der Waals surface area contributed by atoms with Crippen molar-refractivity contribution in [3.8, 4) is 0 Å². The second-order valence-electron chi connectivity index (χ2n) is 6.41. The fourth-order valence-corrected chi connectivity index (χ4v) is 4.92. The molecule has 5 heteroatoms. The Kier molecular flexibility index (Phi) is 2.86. The van der Waals surface area contributed by atoms with Crippen LogP contribution in [0.25, 0.3) is 0 Å². The minimum Gasteiger partial charge on any atom is -0.303 e. The van der Waals surface area contributed by atoms with Gasteiger partial charge in [-0.25, -0.2) is 8.42 Å². The number of aryl methyl sites for hydroxylation is 1. The Balaban J connectivity index is 1.87. The van der Waals surface area contributed by atoms with Crippen molar-refractivity contribution in [2.45, 2.75) is 31.6 Å². The highest BCUT2D eigenvalue weighted by Crippen LogP contribution is 2.66. The van der Waals surface area contributed by atoms with E-state index in [1.807, 2.05) is 26.0 Å². The maximum absolute atomic E-state index is 12.6. The van der Waals surface area contributed by atoms with Gasteiger partial charge in [0.25, 0.3) is 0 Å². The zero-order chi connectivity index (χ0) is 14.6. The molecule has 0 bridgehead atoms. The van der Waals surface area contributed by atoms with E-state index in [1.165, 1.54) is 4.31 Å². The Labute approximate surface area is 119 Å². The average molecular weight is 293 g/mol. The normalized spacial score (nSPS) is 33.5. The summed E-state index contributed by atoms with van der Waals surface area (Å²) in [4.78, 5) is 11.6. The molecule has 1 saturated carbocycles. The first kappa shape index (κ1) is 13.8. The topological polar surface area (TPSA) is 54.5 Å². The lowest BCUT2D eigenvalue weighted by Gasteiger charge is -2.33. The number of fused-ring (bicyclic) bond motifs is 1. The van der Waals surface area contributed by atoms with Crippen molar-refractivity contribution in [3.05, 3.63) is 29.8 Å². The SMILES string of the molecule is Cc1ccc(S(=O)(=O)N2CC[C@@]3(C=O)C[C@@]3(C)C2)cc1. The molecule has 20 heavy (non-hydrogen) atoms. The highest BCUT2D eigenvalue weighted by atomic mass is 32.2. The number of carbonyl (C=O) groups excluding carboxylic acids is 1. The smallest absolute Gasteiger partial charge is 0.243 e. The summed E-state index contributed by atoms with van der Waals surface area (Å²) in [5.74, 6) is 0. The predicted molar refractivity (Wildman–Crippen MR) is 75.8 cm³/mol. The number of benzene rings is 1. The van der Waals surface area contributed by atoms with E-state index < -0.39 is 10.0 Å². The molecule has 1 aromatic rings.